The molecular weight excluding hydrogens is 216 g/mol. The van der Waals surface area contributed by atoms with Gasteiger partial charge in [-0.2, -0.15) is 0 Å². The van der Waals surface area contributed by atoms with Crippen LogP contribution in [0.15, 0.2) is 18.7 Å². The molecule has 2 unspecified atom stereocenters. The normalized spacial score (nSPS) is 14.3. The summed E-state index contributed by atoms with van der Waals surface area (Å²) in [7, 11) is 1.85. The van der Waals surface area contributed by atoms with Crippen LogP contribution in [0.4, 0.5) is 0 Å². The van der Waals surface area contributed by atoms with Gasteiger partial charge < -0.3 is 15.2 Å². The van der Waals surface area contributed by atoms with Crippen molar-refractivity contribution >= 4 is 5.91 Å². The molecule has 1 rings (SSSR count). The number of carbonyl (C=O) groups excluding carboxylic acids is 1. The highest BCUT2D eigenvalue weighted by molar-refractivity contribution is 5.78. The molecule has 0 saturated carbocycles. The molecule has 1 aromatic rings. The van der Waals surface area contributed by atoms with Crippen LogP contribution < -0.4 is 10.6 Å². The van der Waals surface area contributed by atoms with Crippen molar-refractivity contribution in [2.75, 3.05) is 20.1 Å². The summed E-state index contributed by atoms with van der Waals surface area (Å²) in [6.45, 7) is 6.32. The minimum Gasteiger partial charge on any atom is -0.355 e. The van der Waals surface area contributed by atoms with Crippen molar-refractivity contribution < 1.29 is 4.79 Å². The Labute approximate surface area is 103 Å². The second-order valence-electron chi connectivity index (χ2n) is 4.57. The van der Waals surface area contributed by atoms with Crippen molar-refractivity contribution in [3.05, 3.63) is 18.7 Å². The zero-order valence-electron chi connectivity index (χ0n) is 10.8. The SMILES string of the molecule is CNCC(C)C(=O)NCC(C)Cn1ccnc1. The van der Waals surface area contributed by atoms with Gasteiger partial charge in [0.05, 0.1) is 6.33 Å². The van der Waals surface area contributed by atoms with Crippen molar-refractivity contribution in [1.29, 1.82) is 0 Å². The molecule has 5 heteroatoms. The first-order valence-electron chi connectivity index (χ1n) is 6.01. The number of hydrogen-bond donors (Lipinski definition) is 2. The molecule has 0 saturated heterocycles. The van der Waals surface area contributed by atoms with E-state index in [1.165, 1.54) is 0 Å². The van der Waals surface area contributed by atoms with Gasteiger partial charge in [-0.15, -0.1) is 0 Å². The van der Waals surface area contributed by atoms with E-state index in [0.29, 0.717) is 19.0 Å². The van der Waals surface area contributed by atoms with Crippen LogP contribution in [0.5, 0.6) is 0 Å². The fraction of sp³-hybridized carbons (Fsp3) is 0.667. The molecule has 0 aliphatic rings. The second kappa shape index (κ2) is 7.06. The molecule has 2 N–H and O–H groups in total. The van der Waals surface area contributed by atoms with Gasteiger partial charge in [-0.05, 0) is 13.0 Å². The highest BCUT2D eigenvalue weighted by Gasteiger charge is 2.12. The smallest absolute Gasteiger partial charge is 0.224 e. The van der Waals surface area contributed by atoms with Crippen molar-refractivity contribution in [3.63, 3.8) is 0 Å². The molecule has 0 bridgehead atoms. The van der Waals surface area contributed by atoms with E-state index in [9.17, 15) is 4.79 Å². The number of nitrogens with zero attached hydrogens (tertiary/aromatic N) is 2. The third kappa shape index (κ3) is 4.99. The van der Waals surface area contributed by atoms with E-state index in [-0.39, 0.29) is 11.8 Å². The molecule has 5 nitrogen and oxygen atoms in total. The zero-order chi connectivity index (χ0) is 12.7. The maximum Gasteiger partial charge on any atom is 0.224 e. The van der Waals surface area contributed by atoms with E-state index in [1.54, 1.807) is 12.5 Å². The van der Waals surface area contributed by atoms with E-state index in [4.69, 9.17) is 0 Å². The molecule has 0 fully saturated rings. The summed E-state index contributed by atoms with van der Waals surface area (Å²) in [6, 6.07) is 0. The Kier molecular flexibility index (Phi) is 5.69. The Hall–Kier alpha value is -1.36. The van der Waals surface area contributed by atoms with Gasteiger partial charge in [-0.25, -0.2) is 4.98 Å². The van der Waals surface area contributed by atoms with Crippen LogP contribution in [0.25, 0.3) is 0 Å². The zero-order valence-corrected chi connectivity index (χ0v) is 10.8. The number of nitrogens with one attached hydrogen (secondary N) is 2. The molecule has 0 radical (unpaired) electrons. The van der Waals surface area contributed by atoms with Gasteiger partial charge in [0.1, 0.15) is 0 Å². The van der Waals surface area contributed by atoms with Crippen molar-refractivity contribution in [1.82, 2.24) is 20.2 Å². The lowest BCUT2D eigenvalue weighted by molar-refractivity contribution is -0.124. The molecule has 96 valence electrons. The number of carbonyl (C=O) groups is 1. The Morgan fingerprint density at radius 2 is 2.18 bits per heavy atom. The molecule has 17 heavy (non-hydrogen) atoms. The van der Waals surface area contributed by atoms with Gasteiger partial charge >= 0.3 is 0 Å². The fourth-order valence-corrected chi connectivity index (χ4v) is 1.67. The maximum absolute atomic E-state index is 11.7. The molecule has 0 aliphatic heterocycles. The van der Waals surface area contributed by atoms with E-state index in [0.717, 1.165) is 6.54 Å². The summed E-state index contributed by atoms with van der Waals surface area (Å²) in [5.74, 6) is 0.521. The average Bonchev–Trinajstić information content (AvgIpc) is 2.79. The molecule has 1 aromatic heterocycles. The van der Waals surface area contributed by atoms with E-state index in [1.807, 2.05) is 24.7 Å². The second-order valence-corrected chi connectivity index (χ2v) is 4.57. The molecule has 0 aromatic carbocycles. The van der Waals surface area contributed by atoms with Crippen LogP contribution in [0.2, 0.25) is 0 Å². The van der Waals surface area contributed by atoms with Gasteiger partial charge in [-0.1, -0.05) is 13.8 Å². The van der Waals surface area contributed by atoms with Crippen molar-refractivity contribution in [2.24, 2.45) is 11.8 Å². The van der Waals surface area contributed by atoms with Crippen molar-refractivity contribution in [3.8, 4) is 0 Å². The molecule has 0 spiro atoms. The number of aromatic nitrogens is 2. The van der Waals surface area contributed by atoms with Gasteiger partial charge in [-0.3, -0.25) is 4.79 Å². The number of hydrogen-bond acceptors (Lipinski definition) is 3. The third-order valence-corrected chi connectivity index (χ3v) is 2.66. The van der Waals surface area contributed by atoms with Gasteiger partial charge in [0.25, 0.3) is 0 Å². The standard InChI is InChI=1S/C12H22N4O/c1-10(8-16-5-4-14-9-16)6-15-12(17)11(2)7-13-3/h4-5,9-11,13H,6-8H2,1-3H3,(H,15,17). The lowest BCUT2D eigenvalue weighted by atomic mass is 10.1. The van der Waals surface area contributed by atoms with Crippen LogP contribution in [0.3, 0.4) is 0 Å². The Morgan fingerprint density at radius 3 is 2.76 bits per heavy atom. The van der Waals surface area contributed by atoms with E-state index >= 15 is 0 Å². The number of rotatable bonds is 7. The largest absolute Gasteiger partial charge is 0.355 e. The van der Waals surface area contributed by atoms with Crippen LogP contribution >= 0.6 is 0 Å². The summed E-state index contributed by atoms with van der Waals surface area (Å²) < 4.78 is 2.02. The fourth-order valence-electron chi connectivity index (χ4n) is 1.67. The van der Waals surface area contributed by atoms with Gasteiger partial charge in [0.15, 0.2) is 0 Å². The van der Waals surface area contributed by atoms with Gasteiger partial charge in [0.2, 0.25) is 5.91 Å². The summed E-state index contributed by atoms with van der Waals surface area (Å²) in [6.07, 6.45) is 5.49. The van der Waals surface area contributed by atoms with Crippen LogP contribution in [-0.4, -0.2) is 35.6 Å². The molecular formula is C12H22N4O. The first-order valence-corrected chi connectivity index (χ1v) is 6.01. The summed E-state index contributed by atoms with van der Waals surface area (Å²) in [5.41, 5.74) is 0. The summed E-state index contributed by atoms with van der Waals surface area (Å²) in [4.78, 5) is 15.7. The Bertz CT molecular complexity index is 323. The third-order valence-electron chi connectivity index (χ3n) is 2.66. The highest BCUT2D eigenvalue weighted by Crippen LogP contribution is 2.00. The monoisotopic (exact) mass is 238 g/mol. The van der Waals surface area contributed by atoms with Crippen LogP contribution in [-0.2, 0) is 11.3 Å². The van der Waals surface area contributed by atoms with Crippen LogP contribution in [0, 0.1) is 11.8 Å². The predicted octanol–water partition coefficient (Wildman–Crippen LogP) is 0.491. The summed E-state index contributed by atoms with van der Waals surface area (Å²) >= 11 is 0. The molecule has 1 amide bonds. The van der Waals surface area contributed by atoms with Gasteiger partial charge in [0, 0.05) is 37.9 Å². The maximum atomic E-state index is 11.7. The quantitative estimate of drug-likeness (QED) is 0.727. The lowest BCUT2D eigenvalue weighted by Gasteiger charge is -2.16. The molecule has 2 atom stereocenters. The Balaban J connectivity index is 2.23. The molecule has 0 aliphatic carbocycles. The number of amides is 1. The van der Waals surface area contributed by atoms with E-state index < -0.39 is 0 Å². The van der Waals surface area contributed by atoms with Crippen LogP contribution in [0.1, 0.15) is 13.8 Å². The minimum atomic E-state index is 0.0143. The molecule has 1 heterocycles. The predicted molar refractivity (Wildman–Crippen MR) is 67.5 cm³/mol. The van der Waals surface area contributed by atoms with Crippen molar-refractivity contribution in [2.45, 2.75) is 20.4 Å². The first-order chi connectivity index (χ1) is 8.13. The average molecular weight is 238 g/mol. The lowest BCUT2D eigenvalue weighted by Crippen LogP contribution is -2.37. The minimum absolute atomic E-state index is 0.0143. The number of imidazole rings is 1. The first kappa shape index (κ1) is 13.7. The van der Waals surface area contributed by atoms with E-state index in [2.05, 4.69) is 22.5 Å². The highest BCUT2D eigenvalue weighted by atomic mass is 16.1. The Morgan fingerprint density at radius 1 is 1.41 bits per heavy atom. The summed E-state index contributed by atoms with van der Waals surface area (Å²) in [5, 5.41) is 5.97. The topological polar surface area (TPSA) is 59.0 Å².